The van der Waals surface area contributed by atoms with Gasteiger partial charge in [0.25, 0.3) is 0 Å². The Morgan fingerprint density at radius 2 is 1.77 bits per heavy atom. The second kappa shape index (κ2) is 10.7. The molecule has 0 radical (unpaired) electrons. The van der Waals surface area contributed by atoms with Crippen molar-refractivity contribution in [3.8, 4) is 0 Å². The first-order valence-electron chi connectivity index (χ1n) is 9.57. The van der Waals surface area contributed by atoms with Gasteiger partial charge in [0, 0.05) is 60.5 Å². The number of carboxylic acids is 2. The number of Topliss-reactive ketones (excluding diaryl/α,β-unsaturated/α-hetero) is 1. The lowest BCUT2D eigenvalue weighted by atomic mass is 10.0. The van der Waals surface area contributed by atoms with Crippen molar-refractivity contribution in [1.29, 1.82) is 0 Å². The molecular weight excluding hydrogens is 398 g/mol. The molecule has 0 saturated heterocycles. The summed E-state index contributed by atoms with van der Waals surface area (Å²) in [6.45, 7) is 6.47. The summed E-state index contributed by atoms with van der Waals surface area (Å²) in [5, 5.41) is 16.6. The number of rotatable bonds is 8. The predicted octanol–water partition coefficient (Wildman–Crippen LogP) is 3.40. The number of carbonyl (C=O) groups excluding carboxylic acids is 1. The second-order valence-corrected chi connectivity index (χ2v) is 6.82. The molecule has 162 valence electrons. The van der Waals surface area contributed by atoms with Crippen LogP contribution in [0.3, 0.4) is 0 Å². The van der Waals surface area contributed by atoms with Crippen LogP contribution in [0.4, 0.5) is 0 Å². The molecule has 0 aliphatic heterocycles. The van der Waals surface area contributed by atoms with Gasteiger partial charge in [-0.2, -0.15) is 0 Å². The van der Waals surface area contributed by atoms with E-state index in [-0.39, 0.29) is 5.78 Å². The Kier molecular flexibility index (Phi) is 8.08. The zero-order valence-electron chi connectivity index (χ0n) is 17.5. The highest BCUT2D eigenvalue weighted by molar-refractivity contribution is 6.08. The molecular formula is C23H25N3O5. The quantitative estimate of drug-likeness (QED) is 0.326. The van der Waals surface area contributed by atoms with Gasteiger partial charge in [-0.15, -0.1) is 6.58 Å². The van der Waals surface area contributed by atoms with E-state index in [4.69, 9.17) is 10.2 Å². The molecule has 0 spiro atoms. The number of nitrogens with zero attached hydrogens (tertiary/aromatic N) is 3. The summed E-state index contributed by atoms with van der Waals surface area (Å²) in [5.74, 6) is -2.34. The van der Waals surface area contributed by atoms with E-state index >= 15 is 0 Å². The van der Waals surface area contributed by atoms with Gasteiger partial charge in [0.05, 0.1) is 12.0 Å². The Morgan fingerprint density at radius 3 is 2.39 bits per heavy atom. The first-order chi connectivity index (χ1) is 14.7. The monoisotopic (exact) mass is 423 g/mol. The summed E-state index contributed by atoms with van der Waals surface area (Å²) < 4.78 is 4.06. The van der Waals surface area contributed by atoms with Gasteiger partial charge in [0.1, 0.15) is 0 Å². The molecule has 0 amide bonds. The van der Waals surface area contributed by atoms with Crippen LogP contribution in [0.1, 0.15) is 28.2 Å². The first-order valence-corrected chi connectivity index (χ1v) is 9.57. The minimum absolute atomic E-state index is 0.174. The van der Waals surface area contributed by atoms with Crippen molar-refractivity contribution >= 4 is 28.6 Å². The molecule has 0 atom stereocenters. The van der Waals surface area contributed by atoms with Crippen molar-refractivity contribution in [2.75, 3.05) is 0 Å². The van der Waals surface area contributed by atoms with Crippen LogP contribution in [0.2, 0.25) is 0 Å². The maximum absolute atomic E-state index is 12.7. The van der Waals surface area contributed by atoms with Gasteiger partial charge in [-0.1, -0.05) is 24.3 Å². The molecule has 0 unspecified atom stereocenters. The lowest BCUT2D eigenvalue weighted by molar-refractivity contribution is -0.134. The molecule has 0 bridgehead atoms. The molecule has 0 fully saturated rings. The number of hydrogen-bond donors (Lipinski definition) is 2. The number of carboxylic acid groups (broad SMARTS) is 2. The zero-order valence-corrected chi connectivity index (χ0v) is 17.5. The van der Waals surface area contributed by atoms with Crippen LogP contribution < -0.4 is 0 Å². The molecule has 31 heavy (non-hydrogen) atoms. The van der Waals surface area contributed by atoms with Crippen LogP contribution in [-0.4, -0.2) is 42.1 Å². The van der Waals surface area contributed by atoms with Gasteiger partial charge in [-0.05, 0) is 19.4 Å². The summed E-state index contributed by atoms with van der Waals surface area (Å²) in [4.78, 5) is 36.1. The first kappa shape index (κ1) is 23.3. The smallest absolute Gasteiger partial charge is 0.328 e. The van der Waals surface area contributed by atoms with E-state index in [9.17, 15) is 14.4 Å². The largest absolute Gasteiger partial charge is 0.478 e. The normalized spacial score (nSPS) is 10.6. The average molecular weight is 423 g/mol. The highest BCUT2D eigenvalue weighted by Gasteiger charge is 2.15. The molecule has 3 rings (SSSR count). The molecule has 1 aromatic carbocycles. The molecule has 0 saturated carbocycles. The summed E-state index contributed by atoms with van der Waals surface area (Å²) in [5.41, 5.74) is 3.98. The van der Waals surface area contributed by atoms with E-state index in [2.05, 4.69) is 16.1 Å². The zero-order chi connectivity index (χ0) is 23.0. The van der Waals surface area contributed by atoms with Crippen LogP contribution in [0.15, 0.2) is 61.6 Å². The van der Waals surface area contributed by atoms with Crippen LogP contribution >= 0.6 is 0 Å². The number of allylic oxidation sites excluding steroid dienone is 1. The highest BCUT2D eigenvalue weighted by atomic mass is 16.4. The molecule has 2 N–H and O–H groups in total. The summed E-state index contributed by atoms with van der Waals surface area (Å²) in [6.07, 6.45) is 7.89. The van der Waals surface area contributed by atoms with E-state index in [0.29, 0.717) is 25.0 Å². The third-order valence-corrected chi connectivity index (χ3v) is 4.64. The summed E-state index contributed by atoms with van der Waals surface area (Å²) >= 11 is 0. The molecule has 3 aromatic rings. The molecule has 8 nitrogen and oxygen atoms in total. The van der Waals surface area contributed by atoms with Gasteiger partial charge in [-0.25, -0.2) is 14.6 Å². The number of para-hydroxylation sites is 1. The fourth-order valence-corrected chi connectivity index (χ4v) is 3.20. The molecule has 2 heterocycles. The van der Waals surface area contributed by atoms with Crippen molar-refractivity contribution in [2.24, 2.45) is 7.05 Å². The number of benzene rings is 1. The van der Waals surface area contributed by atoms with Crippen molar-refractivity contribution in [1.82, 2.24) is 14.1 Å². The fraction of sp³-hybridized carbons (Fsp3) is 0.217. The molecule has 0 aliphatic rings. The fourth-order valence-electron chi connectivity index (χ4n) is 3.20. The number of hydrogen-bond acceptors (Lipinski definition) is 4. The van der Waals surface area contributed by atoms with Gasteiger partial charge in [0.2, 0.25) is 0 Å². The molecule has 0 aliphatic carbocycles. The topological polar surface area (TPSA) is 114 Å². The maximum atomic E-state index is 12.7. The van der Waals surface area contributed by atoms with Crippen molar-refractivity contribution in [3.05, 3.63) is 78.5 Å². The van der Waals surface area contributed by atoms with Gasteiger partial charge in [0.15, 0.2) is 5.78 Å². The van der Waals surface area contributed by atoms with Gasteiger partial charge in [-0.3, -0.25) is 4.79 Å². The minimum atomic E-state index is -1.26. The third-order valence-electron chi connectivity index (χ3n) is 4.64. The van der Waals surface area contributed by atoms with E-state index in [1.165, 1.54) is 0 Å². The standard InChI is InChI=1S/C19H21N3O.C4H4O4/c1-4-11-22-13-20-14(2)17(22)9-10-19(23)16-12-21(3)18-8-6-5-7-15(16)18;5-3(6)1-2-4(7)8/h4-8,12-13H,1,9-11H2,2-3H3;1-2H,(H,5,6)(H,7,8)/b;2-1-. The van der Waals surface area contributed by atoms with Gasteiger partial charge < -0.3 is 19.3 Å². The summed E-state index contributed by atoms with van der Waals surface area (Å²) in [6, 6.07) is 8.02. The Bertz CT molecular complexity index is 1120. The number of aromatic nitrogens is 3. The van der Waals surface area contributed by atoms with Crippen LogP contribution in [0.5, 0.6) is 0 Å². The van der Waals surface area contributed by atoms with Gasteiger partial charge >= 0.3 is 11.9 Å². The average Bonchev–Trinajstić information content (AvgIpc) is 3.25. The van der Waals surface area contributed by atoms with E-state index < -0.39 is 11.9 Å². The Morgan fingerprint density at radius 1 is 1.13 bits per heavy atom. The molecule has 8 heteroatoms. The van der Waals surface area contributed by atoms with Crippen LogP contribution in [0.25, 0.3) is 10.9 Å². The highest BCUT2D eigenvalue weighted by Crippen LogP contribution is 2.22. The summed E-state index contributed by atoms with van der Waals surface area (Å²) in [7, 11) is 1.97. The lowest BCUT2D eigenvalue weighted by Crippen LogP contribution is -2.06. The van der Waals surface area contributed by atoms with Crippen molar-refractivity contribution < 1.29 is 24.6 Å². The molecule has 2 aromatic heterocycles. The number of fused-ring (bicyclic) bond motifs is 1. The van der Waals surface area contributed by atoms with Crippen LogP contribution in [-0.2, 0) is 29.6 Å². The van der Waals surface area contributed by atoms with Crippen LogP contribution in [0, 0.1) is 6.92 Å². The lowest BCUT2D eigenvalue weighted by Gasteiger charge is -2.06. The number of carbonyl (C=O) groups is 3. The van der Waals surface area contributed by atoms with E-state index in [1.54, 1.807) is 0 Å². The second-order valence-electron chi connectivity index (χ2n) is 6.82. The number of imidazole rings is 1. The number of ketones is 1. The van der Waals surface area contributed by atoms with Crippen molar-refractivity contribution in [3.63, 3.8) is 0 Å². The Hall–Kier alpha value is -3.94. The number of aliphatic carboxylic acids is 2. The maximum Gasteiger partial charge on any atom is 0.328 e. The Labute approximate surface area is 179 Å². The third kappa shape index (κ3) is 6.27. The van der Waals surface area contributed by atoms with E-state index in [0.717, 1.165) is 34.4 Å². The predicted molar refractivity (Wildman–Crippen MR) is 117 cm³/mol. The Balaban J connectivity index is 0.000000366. The SMILES string of the molecule is C=CCn1cnc(C)c1CCC(=O)c1cn(C)c2ccccc12.O=C(O)/C=C\C(=O)O. The number of aryl methyl sites for hydroxylation is 2. The minimum Gasteiger partial charge on any atom is -0.478 e. The van der Waals surface area contributed by atoms with Crippen molar-refractivity contribution in [2.45, 2.75) is 26.3 Å². The van der Waals surface area contributed by atoms with E-state index in [1.807, 2.05) is 61.4 Å².